The summed E-state index contributed by atoms with van der Waals surface area (Å²) in [6.07, 6.45) is 0. The molecule has 0 aliphatic carbocycles. The molecule has 0 saturated heterocycles. The van der Waals surface area contributed by atoms with Gasteiger partial charge in [-0.25, -0.2) is 4.99 Å². The molecule has 0 fully saturated rings. The van der Waals surface area contributed by atoms with Crippen molar-refractivity contribution in [1.82, 2.24) is 0 Å². The minimum Gasteiger partial charge on any atom is -0.497 e. The number of amidine groups is 1. The summed E-state index contributed by atoms with van der Waals surface area (Å²) in [6.45, 7) is 2.08. The van der Waals surface area contributed by atoms with Gasteiger partial charge in [-0.1, -0.05) is 30.3 Å². The van der Waals surface area contributed by atoms with Crippen molar-refractivity contribution in [2.45, 2.75) is 6.92 Å². The van der Waals surface area contributed by atoms with Crippen LogP contribution in [0.5, 0.6) is 5.75 Å². The molecule has 3 heteroatoms. The lowest BCUT2D eigenvalue weighted by atomic mass is 10.1. The summed E-state index contributed by atoms with van der Waals surface area (Å²) in [5.74, 6) is 1.63. The maximum atomic E-state index is 5.24. The Balaban J connectivity index is 1.98. The largest absolute Gasteiger partial charge is 0.497 e. The molecule has 0 radical (unpaired) electrons. The molecule has 3 aromatic carbocycles. The zero-order chi connectivity index (χ0) is 16.8. The highest BCUT2D eigenvalue weighted by atomic mass is 16.5. The average molecular weight is 316 g/mol. The van der Waals surface area contributed by atoms with Gasteiger partial charge in [-0.15, -0.1) is 0 Å². The normalized spacial score (nSPS) is 11.2. The number of para-hydroxylation sites is 1. The molecule has 0 aliphatic heterocycles. The zero-order valence-electron chi connectivity index (χ0n) is 13.9. The van der Waals surface area contributed by atoms with Gasteiger partial charge in [-0.05, 0) is 61.0 Å². The number of anilines is 1. The standard InChI is InChI=1S/C21H20N2O/c1-16-7-6-10-19(15-16)23-21(22-18-8-4-3-5-9-18)17-11-13-20(24-2)14-12-17/h3-15H,1-2H3,(H,22,23). The van der Waals surface area contributed by atoms with E-state index in [1.165, 1.54) is 5.56 Å². The summed E-state index contributed by atoms with van der Waals surface area (Å²) in [7, 11) is 1.67. The van der Waals surface area contributed by atoms with Crippen LogP contribution >= 0.6 is 0 Å². The maximum absolute atomic E-state index is 5.24. The first-order valence-corrected chi connectivity index (χ1v) is 7.86. The van der Waals surface area contributed by atoms with Gasteiger partial charge in [0.1, 0.15) is 11.6 Å². The van der Waals surface area contributed by atoms with Crippen molar-refractivity contribution in [2.24, 2.45) is 4.99 Å². The van der Waals surface area contributed by atoms with E-state index in [1.807, 2.05) is 66.7 Å². The lowest BCUT2D eigenvalue weighted by Gasteiger charge is -2.12. The second-order valence-corrected chi connectivity index (χ2v) is 5.52. The fourth-order valence-corrected chi connectivity index (χ4v) is 2.40. The van der Waals surface area contributed by atoms with Crippen LogP contribution in [0.25, 0.3) is 0 Å². The third-order valence-corrected chi connectivity index (χ3v) is 3.64. The van der Waals surface area contributed by atoms with E-state index >= 15 is 0 Å². The van der Waals surface area contributed by atoms with E-state index in [0.29, 0.717) is 0 Å². The summed E-state index contributed by atoms with van der Waals surface area (Å²) in [4.78, 5) is 4.77. The van der Waals surface area contributed by atoms with Gasteiger partial charge in [-0.3, -0.25) is 0 Å². The number of ether oxygens (including phenoxy) is 1. The smallest absolute Gasteiger partial charge is 0.138 e. The van der Waals surface area contributed by atoms with Gasteiger partial charge in [-0.2, -0.15) is 0 Å². The zero-order valence-corrected chi connectivity index (χ0v) is 13.9. The van der Waals surface area contributed by atoms with Crippen LogP contribution in [0.1, 0.15) is 11.1 Å². The van der Waals surface area contributed by atoms with Crippen molar-refractivity contribution in [3.8, 4) is 5.75 Å². The number of benzene rings is 3. The van der Waals surface area contributed by atoms with E-state index < -0.39 is 0 Å². The van der Waals surface area contributed by atoms with Crippen molar-refractivity contribution in [3.05, 3.63) is 90.0 Å². The molecule has 0 spiro atoms. The Labute approximate surface area is 142 Å². The first kappa shape index (κ1) is 15.8. The second-order valence-electron chi connectivity index (χ2n) is 5.52. The first-order chi connectivity index (χ1) is 11.7. The number of nitrogens with zero attached hydrogens (tertiary/aromatic N) is 1. The van der Waals surface area contributed by atoms with E-state index in [1.54, 1.807) is 7.11 Å². The van der Waals surface area contributed by atoms with Crippen LogP contribution in [0.2, 0.25) is 0 Å². The van der Waals surface area contributed by atoms with Crippen LogP contribution in [0.4, 0.5) is 11.4 Å². The molecule has 0 aliphatic rings. The Morgan fingerprint density at radius 1 is 0.875 bits per heavy atom. The molecule has 0 aromatic heterocycles. The molecular weight excluding hydrogens is 296 g/mol. The van der Waals surface area contributed by atoms with Gasteiger partial charge >= 0.3 is 0 Å². The molecule has 0 heterocycles. The monoisotopic (exact) mass is 316 g/mol. The van der Waals surface area contributed by atoms with Gasteiger partial charge in [0.25, 0.3) is 0 Å². The minimum atomic E-state index is 0.800. The van der Waals surface area contributed by atoms with Gasteiger partial charge in [0, 0.05) is 11.3 Å². The van der Waals surface area contributed by atoms with Crippen molar-refractivity contribution in [2.75, 3.05) is 12.4 Å². The summed E-state index contributed by atoms with van der Waals surface area (Å²) >= 11 is 0. The molecule has 1 N–H and O–H groups in total. The van der Waals surface area contributed by atoms with Crippen LogP contribution in [-0.4, -0.2) is 12.9 Å². The Morgan fingerprint density at radius 3 is 2.29 bits per heavy atom. The molecule has 0 unspecified atom stereocenters. The predicted molar refractivity (Wildman–Crippen MR) is 100 cm³/mol. The SMILES string of the molecule is COc1ccc(C(=Nc2ccccc2)Nc2cccc(C)c2)cc1. The third-order valence-electron chi connectivity index (χ3n) is 3.64. The van der Waals surface area contributed by atoms with Gasteiger partial charge in [0.15, 0.2) is 0 Å². The van der Waals surface area contributed by atoms with Crippen molar-refractivity contribution >= 4 is 17.2 Å². The van der Waals surface area contributed by atoms with Crippen molar-refractivity contribution in [1.29, 1.82) is 0 Å². The highest BCUT2D eigenvalue weighted by molar-refractivity contribution is 6.09. The Morgan fingerprint density at radius 2 is 1.62 bits per heavy atom. The van der Waals surface area contributed by atoms with Gasteiger partial charge in [0.05, 0.1) is 12.8 Å². The summed E-state index contributed by atoms with van der Waals surface area (Å²) in [6, 6.07) is 26.1. The van der Waals surface area contributed by atoms with Crippen LogP contribution < -0.4 is 10.1 Å². The fourth-order valence-electron chi connectivity index (χ4n) is 2.40. The molecule has 120 valence electrons. The van der Waals surface area contributed by atoms with Gasteiger partial charge in [0.2, 0.25) is 0 Å². The number of aliphatic imine (C=N–C) groups is 1. The molecule has 0 atom stereocenters. The van der Waals surface area contributed by atoms with E-state index in [4.69, 9.17) is 9.73 Å². The Bertz CT molecular complexity index is 824. The van der Waals surface area contributed by atoms with E-state index in [0.717, 1.165) is 28.5 Å². The highest BCUT2D eigenvalue weighted by Crippen LogP contribution is 2.18. The number of aryl methyl sites for hydroxylation is 1. The number of hydrogen-bond donors (Lipinski definition) is 1. The highest BCUT2D eigenvalue weighted by Gasteiger charge is 2.06. The summed E-state index contributed by atoms with van der Waals surface area (Å²) in [5, 5.41) is 3.43. The molecule has 0 saturated carbocycles. The average Bonchev–Trinajstić information content (AvgIpc) is 2.62. The molecular formula is C21H20N2O. The topological polar surface area (TPSA) is 33.6 Å². The quantitative estimate of drug-likeness (QED) is 0.530. The Hall–Kier alpha value is -3.07. The fraction of sp³-hybridized carbons (Fsp3) is 0.0952. The molecule has 3 nitrogen and oxygen atoms in total. The van der Waals surface area contributed by atoms with E-state index in [2.05, 4.69) is 24.4 Å². The lowest BCUT2D eigenvalue weighted by molar-refractivity contribution is 0.415. The lowest BCUT2D eigenvalue weighted by Crippen LogP contribution is -2.13. The van der Waals surface area contributed by atoms with Crippen LogP contribution in [-0.2, 0) is 0 Å². The molecule has 3 aromatic rings. The van der Waals surface area contributed by atoms with Crippen LogP contribution in [0.3, 0.4) is 0 Å². The summed E-state index contributed by atoms with van der Waals surface area (Å²) in [5.41, 5.74) is 4.12. The van der Waals surface area contributed by atoms with E-state index in [9.17, 15) is 0 Å². The Kier molecular flexibility index (Phi) is 4.92. The predicted octanol–water partition coefficient (Wildman–Crippen LogP) is 5.19. The van der Waals surface area contributed by atoms with E-state index in [-0.39, 0.29) is 0 Å². The third kappa shape index (κ3) is 4.02. The number of nitrogens with one attached hydrogen (secondary N) is 1. The molecule has 24 heavy (non-hydrogen) atoms. The van der Waals surface area contributed by atoms with Crippen LogP contribution in [0, 0.1) is 6.92 Å². The number of hydrogen-bond acceptors (Lipinski definition) is 2. The van der Waals surface area contributed by atoms with Gasteiger partial charge < -0.3 is 10.1 Å². The maximum Gasteiger partial charge on any atom is 0.138 e. The molecule has 3 rings (SSSR count). The van der Waals surface area contributed by atoms with Crippen molar-refractivity contribution in [3.63, 3.8) is 0 Å². The summed E-state index contributed by atoms with van der Waals surface area (Å²) < 4.78 is 5.24. The van der Waals surface area contributed by atoms with Crippen LogP contribution in [0.15, 0.2) is 83.9 Å². The number of methoxy groups -OCH3 is 1. The first-order valence-electron chi connectivity index (χ1n) is 7.86. The molecule has 0 amide bonds. The van der Waals surface area contributed by atoms with Crippen molar-refractivity contribution < 1.29 is 4.74 Å². The minimum absolute atomic E-state index is 0.800. The molecule has 0 bridgehead atoms. The number of rotatable bonds is 4. The second kappa shape index (κ2) is 7.47.